The van der Waals surface area contributed by atoms with Crippen molar-refractivity contribution in [2.45, 2.75) is 39.2 Å². The van der Waals surface area contributed by atoms with E-state index in [4.69, 9.17) is 15.2 Å². The number of rotatable bonds is 21. The molecule has 1 aromatic carbocycles. The van der Waals surface area contributed by atoms with Crippen LogP contribution in [0, 0.1) is 11.8 Å². The molecule has 2 unspecified atom stereocenters. The smallest absolute Gasteiger partial charge is 0.243 e. The van der Waals surface area contributed by atoms with Crippen LogP contribution in [-0.2, 0) is 54.3 Å². The average molecular weight is 662 g/mol. The van der Waals surface area contributed by atoms with Crippen LogP contribution in [0.3, 0.4) is 0 Å². The van der Waals surface area contributed by atoms with Gasteiger partial charge >= 0.3 is 0 Å². The van der Waals surface area contributed by atoms with E-state index in [9.17, 15) is 38.4 Å². The molecule has 7 N–H and O–H groups in total. The first-order chi connectivity index (χ1) is 22.4. The second-order valence-corrected chi connectivity index (χ2v) is 10.9. The van der Waals surface area contributed by atoms with Gasteiger partial charge in [-0.2, -0.15) is 0 Å². The number of benzene rings is 1. The van der Waals surface area contributed by atoms with E-state index in [0.29, 0.717) is 0 Å². The van der Waals surface area contributed by atoms with Crippen LogP contribution in [0.25, 0.3) is 0 Å². The van der Waals surface area contributed by atoms with Gasteiger partial charge in [0.05, 0.1) is 39.4 Å². The van der Waals surface area contributed by atoms with Crippen LogP contribution in [-0.4, -0.2) is 111 Å². The highest BCUT2D eigenvalue weighted by Gasteiger charge is 2.39. The summed E-state index contributed by atoms with van der Waals surface area (Å²) < 4.78 is 10.2. The minimum absolute atomic E-state index is 0.00921. The third-order valence-electron chi connectivity index (χ3n) is 6.88. The Morgan fingerprint density at radius 2 is 1.49 bits per heavy atom. The number of primary amides is 1. The lowest BCUT2D eigenvalue weighted by Crippen LogP contribution is -2.52. The van der Waals surface area contributed by atoms with Gasteiger partial charge in [0.15, 0.2) is 0 Å². The molecule has 0 bridgehead atoms. The molecule has 17 nitrogen and oxygen atoms in total. The van der Waals surface area contributed by atoms with E-state index < -0.39 is 61.1 Å². The molecule has 2 rings (SSSR count). The number of imide groups is 1. The molecule has 47 heavy (non-hydrogen) atoms. The lowest BCUT2D eigenvalue weighted by atomic mass is 9.94. The fraction of sp³-hybridized carbons (Fsp3) is 0.533. The number of ether oxygens (including phenoxy) is 2. The minimum atomic E-state index is -1.08. The van der Waals surface area contributed by atoms with Gasteiger partial charge in [0, 0.05) is 25.2 Å². The fourth-order valence-electron chi connectivity index (χ4n) is 4.34. The first-order valence-electron chi connectivity index (χ1n) is 15.1. The summed E-state index contributed by atoms with van der Waals surface area (Å²) in [5.74, 6) is -4.52. The highest BCUT2D eigenvalue weighted by molar-refractivity contribution is 6.03. The van der Waals surface area contributed by atoms with E-state index in [0.717, 1.165) is 5.56 Å². The summed E-state index contributed by atoms with van der Waals surface area (Å²) in [5.41, 5.74) is 5.66. The van der Waals surface area contributed by atoms with Gasteiger partial charge in [-0.25, -0.2) is 0 Å². The number of likely N-dealkylation sites (tertiary alicyclic amines) is 1. The van der Waals surface area contributed by atoms with Crippen molar-refractivity contribution >= 4 is 47.3 Å². The van der Waals surface area contributed by atoms with E-state index in [-0.39, 0.29) is 76.0 Å². The average Bonchev–Trinajstić information content (AvgIpc) is 3.32. The Hall–Kier alpha value is -4.90. The molecule has 8 amide bonds. The monoisotopic (exact) mass is 661 g/mol. The molecule has 1 aliphatic heterocycles. The first kappa shape index (κ1) is 38.3. The third kappa shape index (κ3) is 14.8. The lowest BCUT2D eigenvalue weighted by Gasteiger charge is -2.19. The van der Waals surface area contributed by atoms with E-state index >= 15 is 0 Å². The summed E-state index contributed by atoms with van der Waals surface area (Å²) in [6, 6.07) is 7.72. The van der Waals surface area contributed by atoms with E-state index in [1.165, 1.54) is 4.90 Å². The Kier molecular flexibility index (Phi) is 16.5. The van der Waals surface area contributed by atoms with Crippen molar-refractivity contribution in [3.8, 4) is 0 Å². The molecule has 1 saturated heterocycles. The summed E-state index contributed by atoms with van der Waals surface area (Å²) in [7, 11) is 0. The minimum Gasteiger partial charge on any atom is -0.379 e. The van der Waals surface area contributed by atoms with Crippen molar-refractivity contribution in [2.24, 2.45) is 17.6 Å². The normalized spacial score (nSPS) is 14.8. The number of nitrogens with two attached hydrogens (primary N) is 1. The number of carbonyl (C=O) groups excluding carboxylic acids is 8. The second-order valence-electron chi connectivity index (χ2n) is 10.9. The maximum Gasteiger partial charge on any atom is 0.243 e. The maximum absolute atomic E-state index is 12.8. The molecule has 0 aromatic heterocycles. The van der Waals surface area contributed by atoms with Crippen LogP contribution in [0.2, 0.25) is 0 Å². The number of amides is 8. The lowest BCUT2D eigenvalue weighted by molar-refractivity contribution is -0.141. The fourth-order valence-corrected chi connectivity index (χ4v) is 4.34. The number of hydrogen-bond donors (Lipinski definition) is 6. The van der Waals surface area contributed by atoms with Crippen LogP contribution >= 0.6 is 0 Å². The van der Waals surface area contributed by atoms with E-state index in [1.54, 1.807) is 30.3 Å². The Labute approximate surface area is 272 Å². The molecule has 0 radical (unpaired) electrons. The van der Waals surface area contributed by atoms with Crippen molar-refractivity contribution in [1.82, 2.24) is 31.5 Å². The third-order valence-corrected chi connectivity index (χ3v) is 6.88. The zero-order chi connectivity index (χ0) is 34.8. The van der Waals surface area contributed by atoms with Gasteiger partial charge in [0.25, 0.3) is 0 Å². The van der Waals surface area contributed by atoms with Gasteiger partial charge in [-0.15, -0.1) is 0 Å². The Bertz CT molecular complexity index is 1270. The molecular weight excluding hydrogens is 618 g/mol. The van der Waals surface area contributed by atoms with Crippen molar-refractivity contribution in [2.75, 3.05) is 52.7 Å². The largest absolute Gasteiger partial charge is 0.379 e. The molecular formula is C30H43N7O10. The van der Waals surface area contributed by atoms with E-state index in [1.807, 2.05) is 13.8 Å². The molecule has 2 atom stereocenters. The van der Waals surface area contributed by atoms with Crippen LogP contribution in [0.15, 0.2) is 30.3 Å². The van der Waals surface area contributed by atoms with Gasteiger partial charge in [-0.1, -0.05) is 44.2 Å². The standard InChI is InChI=1S/C30H43N7O10/c1-19(2)21-13-28(43)37(30(21)45)9-11-46-10-8-24(39)32-14-25(40)33-16-27(42)36-22(12-20-6-4-3-5-7-20)29(44)34-15-26(41)35-18-47-17-23(31)38/h3-7,19,21-22H,8-18H2,1-2H3,(H2,31,38)(H,32,39)(H,33,40)(H,34,44)(H,35,41)(H,36,42). The Morgan fingerprint density at radius 3 is 2.15 bits per heavy atom. The van der Waals surface area contributed by atoms with Gasteiger partial charge < -0.3 is 41.8 Å². The van der Waals surface area contributed by atoms with Crippen LogP contribution < -0.4 is 32.3 Å². The highest BCUT2D eigenvalue weighted by Crippen LogP contribution is 2.25. The van der Waals surface area contributed by atoms with E-state index in [2.05, 4.69) is 26.6 Å². The topological polar surface area (TPSA) is 244 Å². The van der Waals surface area contributed by atoms with Crippen LogP contribution in [0.4, 0.5) is 0 Å². The number of carbonyl (C=O) groups is 8. The zero-order valence-corrected chi connectivity index (χ0v) is 26.5. The van der Waals surface area contributed by atoms with Gasteiger partial charge in [0.2, 0.25) is 47.3 Å². The number of nitrogens with zero attached hydrogens (tertiary/aromatic N) is 1. The molecule has 0 saturated carbocycles. The predicted octanol–water partition coefficient (Wildman–Crippen LogP) is -2.92. The van der Waals surface area contributed by atoms with Crippen molar-refractivity contribution < 1.29 is 47.8 Å². The number of hydrogen-bond acceptors (Lipinski definition) is 10. The molecule has 0 aliphatic carbocycles. The summed E-state index contributed by atoms with van der Waals surface area (Å²) in [4.78, 5) is 97.8. The van der Waals surface area contributed by atoms with Crippen LogP contribution in [0.5, 0.6) is 0 Å². The van der Waals surface area contributed by atoms with Crippen molar-refractivity contribution in [3.05, 3.63) is 35.9 Å². The van der Waals surface area contributed by atoms with Gasteiger partial charge in [-0.3, -0.25) is 43.3 Å². The number of nitrogens with one attached hydrogen (secondary N) is 5. The SMILES string of the molecule is CC(C)C1CC(=O)N(CCOCCC(=O)NCC(=O)NCC(=O)NC(Cc2ccccc2)C(=O)NCC(=O)NCOCC(N)=O)C1=O. The first-order valence-corrected chi connectivity index (χ1v) is 15.1. The second kappa shape index (κ2) is 20.3. The predicted molar refractivity (Wildman–Crippen MR) is 164 cm³/mol. The van der Waals surface area contributed by atoms with Crippen LogP contribution in [0.1, 0.15) is 32.3 Å². The maximum atomic E-state index is 12.8. The zero-order valence-electron chi connectivity index (χ0n) is 26.5. The molecule has 258 valence electrons. The highest BCUT2D eigenvalue weighted by atomic mass is 16.5. The Morgan fingerprint density at radius 1 is 0.851 bits per heavy atom. The van der Waals surface area contributed by atoms with Crippen molar-refractivity contribution in [1.29, 1.82) is 0 Å². The quantitative estimate of drug-likeness (QED) is 0.0445. The van der Waals surface area contributed by atoms with Gasteiger partial charge in [0.1, 0.15) is 19.4 Å². The molecule has 1 heterocycles. The summed E-state index contributed by atoms with van der Waals surface area (Å²) in [6.07, 6.45) is 0.210. The summed E-state index contributed by atoms with van der Waals surface area (Å²) >= 11 is 0. The van der Waals surface area contributed by atoms with Gasteiger partial charge in [-0.05, 0) is 11.5 Å². The summed E-state index contributed by atoms with van der Waals surface area (Å²) in [5, 5.41) is 12.0. The molecule has 1 fully saturated rings. The molecule has 0 spiro atoms. The molecule has 1 aromatic rings. The Balaban J connectivity index is 1.69. The molecule has 17 heteroatoms. The summed E-state index contributed by atoms with van der Waals surface area (Å²) in [6.45, 7) is 1.95. The van der Waals surface area contributed by atoms with Crippen molar-refractivity contribution in [3.63, 3.8) is 0 Å². The molecule has 1 aliphatic rings.